The number of nitrogens with zero attached hydrogens (tertiary/aromatic N) is 2. The van der Waals surface area contributed by atoms with Gasteiger partial charge in [-0.1, -0.05) is 11.3 Å². The molecule has 0 aliphatic heterocycles. The van der Waals surface area contributed by atoms with Crippen molar-refractivity contribution in [2.75, 3.05) is 5.32 Å². The van der Waals surface area contributed by atoms with Gasteiger partial charge in [-0.15, -0.1) is 0 Å². The molecule has 0 aliphatic carbocycles. The van der Waals surface area contributed by atoms with Crippen LogP contribution in [0.2, 0.25) is 0 Å². The average molecular weight is 347 g/mol. The Morgan fingerprint density at radius 1 is 1.13 bits per heavy atom. The molecule has 1 unspecified atom stereocenters. The Balaban J connectivity index is 1.86. The van der Waals surface area contributed by atoms with Crippen molar-refractivity contribution in [2.24, 2.45) is 0 Å². The maximum absolute atomic E-state index is 11.0. The maximum atomic E-state index is 11.0. The Morgan fingerprint density at radius 3 is 2.43 bits per heavy atom. The van der Waals surface area contributed by atoms with E-state index in [0.29, 0.717) is 10.0 Å². The summed E-state index contributed by atoms with van der Waals surface area (Å²) in [5.74, 6) is 0. The molecule has 0 amide bonds. The molecule has 2 aromatic heterocycles. The molecule has 0 spiro atoms. The van der Waals surface area contributed by atoms with Gasteiger partial charge in [-0.25, -0.2) is 9.19 Å². The third-order valence-electron chi connectivity index (χ3n) is 3.10. The summed E-state index contributed by atoms with van der Waals surface area (Å²) in [6, 6.07) is 10.2. The molecule has 3 N–H and O–H groups in total. The number of thiazole rings is 1. The summed E-state index contributed by atoms with van der Waals surface area (Å²) in [6.45, 7) is -0.0978. The topological polar surface area (TPSA) is 95.3 Å². The van der Waals surface area contributed by atoms with Gasteiger partial charge in [0.2, 0.25) is 0 Å². The zero-order valence-electron chi connectivity index (χ0n) is 11.8. The molecule has 6 nitrogen and oxygen atoms in total. The summed E-state index contributed by atoms with van der Waals surface area (Å²) < 4.78 is 20.0. The predicted octanol–water partition coefficient (Wildman–Crippen LogP) is 3.02. The fourth-order valence-corrected chi connectivity index (χ4v) is 3.26. The minimum Gasteiger partial charge on any atom is -0.391 e. The highest BCUT2D eigenvalue weighted by molar-refractivity contribution is 7.79. The zero-order chi connectivity index (χ0) is 16.2. The van der Waals surface area contributed by atoms with Crippen molar-refractivity contribution >= 4 is 33.2 Å². The highest BCUT2D eigenvalue weighted by Gasteiger charge is 2.12. The second-order valence-electron chi connectivity index (χ2n) is 4.58. The first-order chi connectivity index (χ1) is 11.2. The van der Waals surface area contributed by atoms with E-state index < -0.39 is 11.1 Å². The van der Waals surface area contributed by atoms with Crippen LogP contribution in [0.3, 0.4) is 0 Å². The molecule has 3 rings (SSSR count). The minimum absolute atomic E-state index is 0.0978. The number of aliphatic hydroxyl groups is 1. The molecule has 1 atom stereocenters. The lowest BCUT2D eigenvalue weighted by molar-refractivity contribution is 0.286. The van der Waals surface area contributed by atoms with Crippen molar-refractivity contribution in [3.8, 4) is 11.3 Å². The molecule has 8 heteroatoms. The molecule has 2 heterocycles. The van der Waals surface area contributed by atoms with Crippen LogP contribution in [0, 0.1) is 0 Å². The first-order valence-corrected chi connectivity index (χ1v) is 8.58. The van der Waals surface area contributed by atoms with Gasteiger partial charge in [-0.05, 0) is 36.4 Å². The molecule has 0 fully saturated rings. The van der Waals surface area contributed by atoms with Gasteiger partial charge >= 0.3 is 0 Å². The van der Waals surface area contributed by atoms with Crippen molar-refractivity contribution in [3.63, 3.8) is 0 Å². The monoisotopic (exact) mass is 347 g/mol. The lowest BCUT2D eigenvalue weighted by atomic mass is 10.2. The van der Waals surface area contributed by atoms with Gasteiger partial charge in [0.05, 0.1) is 22.1 Å². The fraction of sp³-hybridized carbons (Fsp3) is 0.0667. The lowest BCUT2D eigenvalue weighted by Crippen LogP contribution is -1.92. The van der Waals surface area contributed by atoms with Crippen molar-refractivity contribution in [1.29, 1.82) is 0 Å². The quantitative estimate of drug-likeness (QED) is 0.614. The standard InChI is InChI=1S/C15H13N3O3S2/c19-9-13-14(10-5-7-16-8-6-10)18-15(22-13)17-11-1-3-12(4-2-11)23(20)21/h1-8,19H,9H2,(H,17,18)(H,20,21). The Morgan fingerprint density at radius 2 is 1.83 bits per heavy atom. The van der Waals surface area contributed by atoms with E-state index in [1.165, 1.54) is 11.3 Å². The van der Waals surface area contributed by atoms with Gasteiger partial charge in [-0.3, -0.25) is 4.98 Å². The summed E-state index contributed by atoms with van der Waals surface area (Å²) in [5, 5.41) is 13.3. The Labute approximate surface area is 139 Å². The van der Waals surface area contributed by atoms with Crippen LogP contribution in [0.1, 0.15) is 4.88 Å². The number of nitrogens with one attached hydrogen (secondary N) is 1. The van der Waals surface area contributed by atoms with Crippen LogP contribution in [0.4, 0.5) is 10.8 Å². The Hall–Kier alpha value is -2.13. The third-order valence-corrected chi connectivity index (χ3v) is 4.73. The number of pyridine rings is 1. The molecule has 0 radical (unpaired) electrons. The fourth-order valence-electron chi connectivity index (χ4n) is 2.03. The summed E-state index contributed by atoms with van der Waals surface area (Å²) in [7, 11) is 0. The average Bonchev–Trinajstić information content (AvgIpc) is 2.99. The van der Waals surface area contributed by atoms with Crippen molar-refractivity contribution in [2.45, 2.75) is 11.5 Å². The van der Waals surface area contributed by atoms with E-state index in [9.17, 15) is 9.32 Å². The first-order valence-electron chi connectivity index (χ1n) is 6.66. The Kier molecular flexibility index (Phi) is 4.77. The van der Waals surface area contributed by atoms with Crippen molar-refractivity contribution in [3.05, 3.63) is 53.7 Å². The first kappa shape index (κ1) is 15.8. The largest absolute Gasteiger partial charge is 0.391 e. The molecule has 23 heavy (non-hydrogen) atoms. The van der Waals surface area contributed by atoms with Crippen LogP contribution in [0.25, 0.3) is 11.3 Å². The molecule has 0 aliphatic rings. The van der Waals surface area contributed by atoms with E-state index >= 15 is 0 Å². The molecule has 1 aromatic carbocycles. The molecule has 0 saturated carbocycles. The third kappa shape index (κ3) is 3.62. The highest BCUT2D eigenvalue weighted by atomic mass is 32.2. The van der Waals surface area contributed by atoms with Gasteiger partial charge in [0.15, 0.2) is 16.2 Å². The summed E-state index contributed by atoms with van der Waals surface area (Å²) >= 11 is -0.632. The van der Waals surface area contributed by atoms with Gasteiger partial charge in [-0.2, -0.15) is 0 Å². The zero-order valence-corrected chi connectivity index (χ0v) is 13.5. The molecular weight excluding hydrogens is 334 g/mol. The normalized spacial score (nSPS) is 12.1. The number of hydrogen-bond acceptors (Lipinski definition) is 6. The van der Waals surface area contributed by atoms with Crippen LogP contribution in [0.15, 0.2) is 53.7 Å². The van der Waals surface area contributed by atoms with Crippen LogP contribution >= 0.6 is 11.3 Å². The predicted molar refractivity (Wildman–Crippen MR) is 90.0 cm³/mol. The smallest absolute Gasteiger partial charge is 0.188 e. The van der Waals surface area contributed by atoms with Gasteiger partial charge in [0.25, 0.3) is 0 Å². The number of anilines is 2. The van der Waals surface area contributed by atoms with E-state index in [1.54, 1.807) is 36.7 Å². The minimum atomic E-state index is -1.99. The number of hydrogen-bond donors (Lipinski definition) is 3. The molecular formula is C15H13N3O3S2. The van der Waals surface area contributed by atoms with Crippen LogP contribution < -0.4 is 5.32 Å². The summed E-state index contributed by atoms with van der Waals surface area (Å²) in [4.78, 5) is 9.58. The van der Waals surface area contributed by atoms with Crippen LogP contribution in [-0.4, -0.2) is 23.8 Å². The number of rotatable bonds is 5. The number of aliphatic hydroxyl groups excluding tert-OH is 1. The molecule has 0 bridgehead atoms. The number of benzene rings is 1. The van der Waals surface area contributed by atoms with E-state index in [4.69, 9.17) is 4.55 Å². The van der Waals surface area contributed by atoms with Gasteiger partial charge < -0.3 is 15.0 Å². The summed E-state index contributed by atoms with van der Waals surface area (Å²) in [6.07, 6.45) is 3.35. The number of aromatic nitrogens is 2. The second-order valence-corrected chi connectivity index (χ2v) is 6.64. The summed E-state index contributed by atoms with van der Waals surface area (Å²) in [5.41, 5.74) is 2.36. The SMILES string of the molecule is O=S(O)c1ccc(Nc2nc(-c3ccncc3)c(CO)s2)cc1. The van der Waals surface area contributed by atoms with Crippen LogP contribution in [0.5, 0.6) is 0 Å². The molecule has 118 valence electrons. The van der Waals surface area contributed by atoms with Crippen molar-refractivity contribution in [1.82, 2.24) is 9.97 Å². The lowest BCUT2D eigenvalue weighted by Gasteiger charge is -2.02. The maximum Gasteiger partial charge on any atom is 0.188 e. The van der Waals surface area contributed by atoms with E-state index in [2.05, 4.69) is 15.3 Å². The highest BCUT2D eigenvalue weighted by Crippen LogP contribution is 2.32. The van der Waals surface area contributed by atoms with E-state index in [0.717, 1.165) is 21.8 Å². The second kappa shape index (κ2) is 6.97. The molecule has 0 saturated heterocycles. The van der Waals surface area contributed by atoms with E-state index in [1.807, 2.05) is 12.1 Å². The van der Waals surface area contributed by atoms with Gasteiger partial charge in [0.1, 0.15) is 0 Å². The van der Waals surface area contributed by atoms with E-state index in [-0.39, 0.29) is 6.61 Å². The molecule has 3 aromatic rings. The van der Waals surface area contributed by atoms with Crippen molar-refractivity contribution < 1.29 is 13.9 Å². The Bertz CT molecular complexity index is 820. The van der Waals surface area contributed by atoms with Crippen LogP contribution in [-0.2, 0) is 17.7 Å². The van der Waals surface area contributed by atoms with Gasteiger partial charge in [0, 0.05) is 23.6 Å².